The summed E-state index contributed by atoms with van der Waals surface area (Å²) >= 11 is 0. The van der Waals surface area contributed by atoms with E-state index in [9.17, 15) is 0 Å². The Labute approximate surface area is 75.3 Å². The summed E-state index contributed by atoms with van der Waals surface area (Å²) in [6.45, 7) is 5.42. The first kappa shape index (κ1) is 9.56. The van der Waals surface area contributed by atoms with E-state index < -0.39 is 0 Å². The molecule has 0 amide bonds. The standard InChI is InChI=1S/C10H20N2/c1-8(2)4-3-7-12-10(11)9-5-6-9/h8-9H,3-7H2,1-2H3,(H2,11,12). The molecule has 70 valence electrons. The molecule has 12 heavy (non-hydrogen) atoms. The predicted molar refractivity (Wildman–Crippen MR) is 53.3 cm³/mol. The van der Waals surface area contributed by atoms with E-state index in [-0.39, 0.29) is 0 Å². The summed E-state index contributed by atoms with van der Waals surface area (Å²) in [5, 5.41) is 0. The van der Waals surface area contributed by atoms with Gasteiger partial charge in [-0.3, -0.25) is 4.99 Å². The van der Waals surface area contributed by atoms with Gasteiger partial charge >= 0.3 is 0 Å². The molecule has 1 fully saturated rings. The predicted octanol–water partition coefficient (Wildman–Crippen LogP) is 2.19. The first-order chi connectivity index (χ1) is 5.70. The van der Waals surface area contributed by atoms with Crippen molar-refractivity contribution >= 4 is 5.84 Å². The van der Waals surface area contributed by atoms with Crippen LogP contribution in [0, 0.1) is 11.8 Å². The van der Waals surface area contributed by atoms with Crippen LogP contribution < -0.4 is 5.73 Å². The number of aliphatic imine (C=N–C) groups is 1. The molecule has 0 aromatic carbocycles. The van der Waals surface area contributed by atoms with Crippen molar-refractivity contribution in [3.63, 3.8) is 0 Å². The van der Waals surface area contributed by atoms with Crippen molar-refractivity contribution in [2.45, 2.75) is 39.5 Å². The third-order valence-corrected chi connectivity index (χ3v) is 2.23. The first-order valence-corrected chi connectivity index (χ1v) is 5.00. The average molecular weight is 168 g/mol. The van der Waals surface area contributed by atoms with Crippen LogP contribution in [0.4, 0.5) is 0 Å². The van der Waals surface area contributed by atoms with Crippen LogP contribution in [0.15, 0.2) is 4.99 Å². The first-order valence-electron chi connectivity index (χ1n) is 5.00. The van der Waals surface area contributed by atoms with Crippen molar-refractivity contribution in [3.05, 3.63) is 0 Å². The number of nitrogens with zero attached hydrogens (tertiary/aromatic N) is 1. The molecule has 2 N–H and O–H groups in total. The van der Waals surface area contributed by atoms with Crippen LogP contribution in [0.5, 0.6) is 0 Å². The van der Waals surface area contributed by atoms with Crippen LogP contribution >= 0.6 is 0 Å². The number of amidine groups is 1. The SMILES string of the molecule is CC(C)CCCN=C(N)C1CC1. The molecule has 1 rings (SSSR count). The highest BCUT2D eigenvalue weighted by Gasteiger charge is 2.24. The fraction of sp³-hybridized carbons (Fsp3) is 0.900. The lowest BCUT2D eigenvalue weighted by atomic mass is 10.1. The molecule has 0 unspecified atom stereocenters. The minimum Gasteiger partial charge on any atom is -0.387 e. The van der Waals surface area contributed by atoms with Gasteiger partial charge in [-0.15, -0.1) is 0 Å². The molecule has 0 aromatic rings. The molecule has 0 saturated heterocycles. The van der Waals surface area contributed by atoms with Crippen molar-refractivity contribution in [2.24, 2.45) is 22.6 Å². The van der Waals surface area contributed by atoms with Gasteiger partial charge in [0.15, 0.2) is 0 Å². The van der Waals surface area contributed by atoms with Crippen molar-refractivity contribution in [1.29, 1.82) is 0 Å². The highest BCUT2D eigenvalue weighted by molar-refractivity contribution is 5.84. The fourth-order valence-electron chi connectivity index (χ4n) is 1.22. The van der Waals surface area contributed by atoms with Gasteiger partial charge in [-0.05, 0) is 31.6 Å². The lowest BCUT2D eigenvalue weighted by Crippen LogP contribution is -2.14. The molecule has 1 saturated carbocycles. The van der Waals surface area contributed by atoms with Gasteiger partial charge in [0, 0.05) is 12.5 Å². The Morgan fingerprint density at radius 3 is 2.67 bits per heavy atom. The van der Waals surface area contributed by atoms with E-state index in [1.807, 2.05) is 0 Å². The molecule has 2 heteroatoms. The van der Waals surface area contributed by atoms with Gasteiger partial charge in [0.1, 0.15) is 0 Å². The molecular formula is C10H20N2. The van der Waals surface area contributed by atoms with Crippen LogP contribution in [0.2, 0.25) is 0 Å². The van der Waals surface area contributed by atoms with E-state index in [4.69, 9.17) is 5.73 Å². The fourth-order valence-corrected chi connectivity index (χ4v) is 1.22. The number of hydrogen-bond acceptors (Lipinski definition) is 1. The minimum atomic E-state index is 0.643. The normalized spacial score (nSPS) is 18.8. The highest BCUT2D eigenvalue weighted by atomic mass is 14.9. The molecular weight excluding hydrogens is 148 g/mol. The van der Waals surface area contributed by atoms with Crippen molar-refractivity contribution in [3.8, 4) is 0 Å². The Hall–Kier alpha value is -0.530. The third-order valence-electron chi connectivity index (χ3n) is 2.23. The second-order valence-electron chi connectivity index (χ2n) is 4.12. The van der Waals surface area contributed by atoms with E-state index in [1.165, 1.54) is 25.7 Å². The molecule has 0 heterocycles. The van der Waals surface area contributed by atoms with Crippen molar-refractivity contribution < 1.29 is 0 Å². The molecule has 0 aliphatic heterocycles. The van der Waals surface area contributed by atoms with Gasteiger partial charge in [-0.1, -0.05) is 13.8 Å². The smallest absolute Gasteiger partial charge is 0.0968 e. The summed E-state index contributed by atoms with van der Waals surface area (Å²) in [4.78, 5) is 4.35. The third kappa shape index (κ3) is 3.74. The summed E-state index contributed by atoms with van der Waals surface area (Å²) in [6, 6.07) is 0. The second-order valence-corrected chi connectivity index (χ2v) is 4.12. The van der Waals surface area contributed by atoms with E-state index in [0.29, 0.717) is 5.92 Å². The summed E-state index contributed by atoms with van der Waals surface area (Å²) < 4.78 is 0. The van der Waals surface area contributed by atoms with Crippen LogP contribution in [0.3, 0.4) is 0 Å². The lowest BCUT2D eigenvalue weighted by Gasteiger charge is -2.01. The van der Waals surface area contributed by atoms with Crippen LogP contribution in [0.1, 0.15) is 39.5 Å². The number of nitrogens with two attached hydrogens (primary N) is 1. The maximum atomic E-state index is 5.75. The summed E-state index contributed by atoms with van der Waals surface area (Å²) in [6.07, 6.45) is 4.98. The monoisotopic (exact) mass is 168 g/mol. The zero-order chi connectivity index (χ0) is 8.97. The highest BCUT2D eigenvalue weighted by Crippen LogP contribution is 2.28. The van der Waals surface area contributed by atoms with Gasteiger partial charge in [-0.25, -0.2) is 0 Å². The Morgan fingerprint density at radius 2 is 2.17 bits per heavy atom. The average Bonchev–Trinajstić information content (AvgIpc) is 2.79. The number of rotatable bonds is 5. The van der Waals surface area contributed by atoms with Crippen LogP contribution in [0.25, 0.3) is 0 Å². The van der Waals surface area contributed by atoms with Gasteiger partial charge in [0.25, 0.3) is 0 Å². The quantitative estimate of drug-likeness (QED) is 0.381. The van der Waals surface area contributed by atoms with E-state index in [0.717, 1.165) is 18.3 Å². The molecule has 0 bridgehead atoms. The van der Waals surface area contributed by atoms with Gasteiger partial charge < -0.3 is 5.73 Å². The maximum Gasteiger partial charge on any atom is 0.0968 e. The summed E-state index contributed by atoms with van der Waals surface area (Å²) in [5.74, 6) is 2.34. The van der Waals surface area contributed by atoms with E-state index >= 15 is 0 Å². The molecule has 1 aliphatic rings. The maximum absolute atomic E-state index is 5.75. The Bertz CT molecular complexity index is 157. The zero-order valence-corrected chi connectivity index (χ0v) is 8.21. The molecule has 0 atom stereocenters. The zero-order valence-electron chi connectivity index (χ0n) is 8.21. The summed E-state index contributed by atoms with van der Waals surface area (Å²) in [7, 11) is 0. The van der Waals surface area contributed by atoms with Crippen molar-refractivity contribution in [1.82, 2.24) is 0 Å². The van der Waals surface area contributed by atoms with Gasteiger partial charge in [0.2, 0.25) is 0 Å². The van der Waals surface area contributed by atoms with Crippen molar-refractivity contribution in [2.75, 3.05) is 6.54 Å². The molecule has 0 spiro atoms. The summed E-state index contributed by atoms with van der Waals surface area (Å²) in [5.41, 5.74) is 5.75. The second kappa shape index (κ2) is 4.48. The molecule has 1 aliphatic carbocycles. The topological polar surface area (TPSA) is 38.4 Å². The van der Waals surface area contributed by atoms with E-state index in [1.54, 1.807) is 0 Å². The van der Waals surface area contributed by atoms with Gasteiger partial charge in [-0.2, -0.15) is 0 Å². The molecule has 0 radical (unpaired) electrons. The Morgan fingerprint density at radius 1 is 1.50 bits per heavy atom. The van der Waals surface area contributed by atoms with Crippen LogP contribution in [-0.4, -0.2) is 12.4 Å². The van der Waals surface area contributed by atoms with Crippen LogP contribution in [-0.2, 0) is 0 Å². The number of hydrogen-bond donors (Lipinski definition) is 1. The Balaban J connectivity index is 2.03. The minimum absolute atomic E-state index is 0.643. The molecule has 2 nitrogen and oxygen atoms in total. The lowest BCUT2D eigenvalue weighted by molar-refractivity contribution is 0.561. The molecule has 0 aromatic heterocycles. The van der Waals surface area contributed by atoms with E-state index in [2.05, 4.69) is 18.8 Å². The largest absolute Gasteiger partial charge is 0.387 e. The Kier molecular flexibility index (Phi) is 3.57. The van der Waals surface area contributed by atoms with Gasteiger partial charge in [0.05, 0.1) is 5.84 Å².